The number of imidazole rings is 1. The number of primary amides is 2. The van der Waals surface area contributed by atoms with Crippen molar-refractivity contribution in [3.8, 4) is 0 Å². The van der Waals surface area contributed by atoms with Crippen molar-refractivity contribution < 1.29 is 91.4 Å². The van der Waals surface area contributed by atoms with Gasteiger partial charge in [-0.3, -0.25) is 86.9 Å². The Morgan fingerprint density at radius 3 is 1.76 bits per heavy atom. The first-order chi connectivity index (χ1) is 65.4. The maximum atomic E-state index is 15.9. The first kappa shape index (κ1) is 107. The number of aromatic amines is 3. The van der Waals surface area contributed by atoms with Crippen LogP contribution in [-0.4, -0.2) is 289 Å². The lowest BCUT2D eigenvalue weighted by Gasteiger charge is -2.36. The van der Waals surface area contributed by atoms with Crippen LogP contribution in [0.3, 0.4) is 0 Å². The van der Waals surface area contributed by atoms with Crippen molar-refractivity contribution >= 4 is 139 Å². The van der Waals surface area contributed by atoms with Crippen LogP contribution in [0.5, 0.6) is 0 Å². The second kappa shape index (κ2) is 52.6. The molecule has 0 bridgehead atoms. The highest BCUT2D eigenvalue weighted by atomic mass is 32.2. The van der Waals surface area contributed by atoms with Crippen molar-refractivity contribution in [3.05, 3.63) is 162 Å². The molecular formula is C97H130N20O19S. The van der Waals surface area contributed by atoms with E-state index in [4.69, 9.17) is 27.3 Å². The number of unbranched alkanes of at least 4 members (excludes halogenated alkanes) is 1. The average Bonchev–Trinajstić information content (AvgIpc) is 1.72. The molecule has 2 aliphatic rings. The highest BCUT2D eigenvalue weighted by molar-refractivity contribution is 8.00. The molecule has 0 aliphatic carbocycles. The molecule has 2 fully saturated rings. The number of para-hydroxylation sites is 2. The van der Waals surface area contributed by atoms with Crippen LogP contribution < -0.4 is 54.4 Å². The second-order valence-corrected chi connectivity index (χ2v) is 36.8. The van der Waals surface area contributed by atoms with E-state index >= 15 is 38.4 Å². The van der Waals surface area contributed by atoms with E-state index in [9.17, 15) is 48.3 Å². The molecule has 4 aromatic carbocycles. The molecule has 0 unspecified atom stereocenters. The van der Waals surface area contributed by atoms with Gasteiger partial charge in [-0.15, -0.1) is 11.8 Å². The number of aliphatic hydroxyl groups excluding tert-OH is 1. The molecule has 5 heterocycles. The zero-order valence-corrected chi connectivity index (χ0v) is 79.6. The highest BCUT2D eigenvalue weighted by Gasteiger charge is 2.44. The van der Waals surface area contributed by atoms with Crippen LogP contribution in [0.1, 0.15) is 139 Å². The van der Waals surface area contributed by atoms with E-state index < -0.39 is 254 Å². The molecule has 0 saturated carbocycles. The lowest BCUT2D eigenvalue weighted by atomic mass is 9.83. The lowest BCUT2D eigenvalue weighted by Crippen LogP contribution is -2.58. The molecule has 13 atom stereocenters. The summed E-state index contributed by atoms with van der Waals surface area (Å²) in [6.45, 7) is 3.92. The Morgan fingerprint density at radius 1 is 0.569 bits per heavy atom. The number of aromatic nitrogens is 4. The van der Waals surface area contributed by atoms with Crippen molar-refractivity contribution in [1.82, 2.24) is 81.7 Å². The SMILES string of the molecule is CCCC[C@H]1C(=O)N(C)[C@@H](COCc2ccccc2)C(=O)C[C@@H](CCCNC(=N)N)C(=O)N[C@H](C(=O)NCC(N)=O)CSCC(=O)N[C@@H](Cc2ccccc2)C(=O)N(C)[C@@H](C)C(=O)N[C@@H](CC(N)=O)C(=O)N2CCC[C@H]2C(=O)C[C@@H](Cc2cnc[nH]2)C(=O)C[C@@H](CC(C)C)C(=O)N(C)CC(=O)N[C@@H](Cc2c[nH]c3ccccc23)C(=O)C[C@@H](CO)C(=O)N[C@@H](Cc2c[nH]c3ccccc23)C(=O)N1C. The minimum Gasteiger partial charge on any atom is -0.396 e. The van der Waals surface area contributed by atoms with Crippen molar-refractivity contribution in [2.24, 2.45) is 46.8 Å². The van der Waals surface area contributed by atoms with Crippen LogP contribution in [-0.2, 0) is 119 Å². The molecule has 7 aromatic rings. The summed E-state index contributed by atoms with van der Waals surface area (Å²) in [5, 5.41) is 39.2. The van der Waals surface area contributed by atoms with Crippen molar-refractivity contribution in [2.75, 3.05) is 79.1 Å². The number of benzene rings is 4. The number of rotatable bonds is 27. The fourth-order valence-electron chi connectivity index (χ4n) is 17.3. The predicted molar refractivity (Wildman–Crippen MR) is 511 cm³/mol. The molecular weight excluding hydrogens is 1780 g/mol. The molecule has 18 N–H and O–H groups in total. The average molecular weight is 1910 g/mol. The van der Waals surface area contributed by atoms with Crippen LogP contribution >= 0.6 is 11.8 Å². The summed E-state index contributed by atoms with van der Waals surface area (Å²) in [5.74, 6) is -20.7. The standard InChI is InChI=1S/C97H130N20O19S/c1-9-10-32-78-96(135)116(8)79(53-136-52-60-25-15-12-16-26-60)83(122)41-61(27-21-34-103-97(100)101)89(128)112-76(91(130)106-49-85(99)124)54-137-55-87(126)109-73(37-59-23-13-11-14-24-59)93(132)114(6)58(4)88(127)110-75(45-84(98)123)95(134)117-35-22-33-77(117)82(121)42-62(38-67-48-102-56-107-67)80(119)43-63(36-57(2)3)92(131)113(5)50-86(125)108-72(39-64-46-104-70-30-19-17-28-68(64)70)81(120)44-66(51-118)90(129)111-74(94(133)115(78)7)40-65-47-105-71-31-20-18-29-69(65)71/h11-20,23-26,28-31,46-48,56-58,61-63,66,72-79,104-105,118H,9-10,21-22,27,32-45,49-55H2,1-8H3,(H2,98,123)(H2,99,124)(H,102,107)(H,106,130)(H,108,125)(H,109,126)(H,110,127)(H,111,129)(H,112,128)(H4,100,101,103)/t58-,61+,62+,63+,66-,72-,73-,74-,75-,76-,77-,78-,79-/m0/s1. The Labute approximate surface area is 799 Å². The summed E-state index contributed by atoms with van der Waals surface area (Å²) in [6, 6.07) is 18.4. The largest absolute Gasteiger partial charge is 0.396 e. The van der Waals surface area contributed by atoms with E-state index in [1.807, 2.05) is 20.8 Å². The number of nitrogens with one attached hydrogen (secondary N) is 11. The van der Waals surface area contributed by atoms with Gasteiger partial charge in [-0.2, -0.15) is 0 Å². The maximum absolute atomic E-state index is 15.9. The molecule has 738 valence electrons. The van der Waals surface area contributed by atoms with Crippen LogP contribution in [0.4, 0.5) is 0 Å². The Balaban J connectivity index is 1.10. The van der Waals surface area contributed by atoms with Crippen molar-refractivity contribution in [2.45, 2.75) is 198 Å². The number of aliphatic hydroxyl groups is 1. The van der Waals surface area contributed by atoms with Gasteiger partial charge in [0.1, 0.15) is 48.1 Å². The van der Waals surface area contributed by atoms with E-state index in [-0.39, 0.29) is 89.8 Å². The minimum absolute atomic E-state index is 0.0108. The van der Waals surface area contributed by atoms with E-state index in [1.165, 1.54) is 52.5 Å². The summed E-state index contributed by atoms with van der Waals surface area (Å²) in [5.41, 5.74) is 21.0. The number of carbonyl (C=O) groups excluding carboxylic acids is 17. The van der Waals surface area contributed by atoms with Gasteiger partial charge < -0.3 is 104 Å². The number of hydrogen-bond donors (Lipinski definition) is 15. The number of H-pyrrole nitrogens is 3. The highest BCUT2D eigenvalue weighted by Crippen LogP contribution is 2.31. The smallest absolute Gasteiger partial charge is 0.246 e. The number of fused-ring (bicyclic) bond motifs is 3. The number of amides is 13. The minimum atomic E-state index is -1.70. The quantitative estimate of drug-likeness (QED) is 0.0199. The molecule has 0 spiro atoms. The van der Waals surface area contributed by atoms with Crippen LogP contribution in [0.25, 0.3) is 21.8 Å². The zero-order valence-electron chi connectivity index (χ0n) is 78.8. The molecule has 39 nitrogen and oxygen atoms in total. The third-order valence-electron chi connectivity index (χ3n) is 24.9. The summed E-state index contributed by atoms with van der Waals surface area (Å²) in [6.07, 6.45) is 3.69. The monoisotopic (exact) mass is 1910 g/mol. The molecule has 137 heavy (non-hydrogen) atoms. The first-order valence-electron chi connectivity index (χ1n) is 46.2. The summed E-state index contributed by atoms with van der Waals surface area (Å²) < 4.78 is 6.27. The molecule has 2 saturated heterocycles. The zero-order chi connectivity index (χ0) is 99.7. The molecule has 40 heteroatoms. The van der Waals surface area contributed by atoms with E-state index in [0.29, 0.717) is 62.6 Å². The second-order valence-electron chi connectivity index (χ2n) is 35.7. The molecule has 2 aliphatic heterocycles. The number of Topliss-reactive ketones (excluding diaryl/α,β-unsaturated/α-hetero) is 4. The summed E-state index contributed by atoms with van der Waals surface area (Å²) in [7, 11) is 5.32. The Morgan fingerprint density at radius 2 is 1.15 bits per heavy atom. The maximum Gasteiger partial charge on any atom is 0.246 e. The number of ether oxygens (including phenoxy) is 1. The number of nitrogens with zero attached hydrogens (tertiary/aromatic N) is 6. The van der Waals surface area contributed by atoms with Crippen molar-refractivity contribution in [1.29, 1.82) is 5.41 Å². The van der Waals surface area contributed by atoms with Crippen molar-refractivity contribution in [3.63, 3.8) is 0 Å². The summed E-state index contributed by atoms with van der Waals surface area (Å²) in [4.78, 5) is 270. The fourth-order valence-corrected chi connectivity index (χ4v) is 18.1. The van der Waals surface area contributed by atoms with E-state index in [2.05, 4.69) is 57.2 Å². The topological polar surface area (TPSA) is 582 Å². The first-order valence-corrected chi connectivity index (χ1v) is 47.4. The number of nitrogens with two attached hydrogens (primary N) is 3. The van der Waals surface area contributed by atoms with E-state index in [1.54, 1.807) is 122 Å². The third-order valence-corrected chi connectivity index (χ3v) is 26.0. The van der Waals surface area contributed by atoms with Gasteiger partial charge in [0.15, 0.2) is 23.3 Å². The number of carbonyl (C=O) groups is 17. The van der Waals surface area contributed by atoms with Crippen LogP contribution in [0, 0.1) is 35.0 Å². The van der Waals surface area contributed by atoms with Gasteiger partial charge >= 0.3 is 0 Å². The number of ketones is 4. The molecule has 3 aromatic heterocycles. The fraction of sp³-hybridized carbons (Fsp3) is 0.495. The Bertz CT molecular complexity index is 5380. The number of likely N-dealkylation sites (N-methyl/N-ethyl adjacent to an activating group) is 4. The number of thioether (sulfide) groups is 1. The molecule has 13 amide bonds. The Hall–Kier alpha value is -13.5. The van der Waals surface area contributed by atoms with Gasteiger partial charge in [0.05, 0.1) is 69.4 Å². The van der Waals surface area contributed by atoms with Gasteiger partial charge in [0.2, 0.25) is 76.8 Å². The van der Waals surface area contributed by atoms with Gasteiger partial charge in [-0.05, 0) is 92.2 Å². The molecule has 0 radical (unpaired) electrons. The van der Waals surface area contributed by atoms with Gasteiger partial charge in [0.25, 0.3) is 0 Å². The van der Waals surface area contributed by atoms with Gasteiger partial charge in [-0.1, -0.05) is 131 Å². The predicted octanol–water partition coefficient (Wildman–Crippen LogP) is 2.25. The van der Waals surface area contributed by atoms with E-state index in [0.717, 1.165) is 31.4 Å². The molecule has 9 rings (SSSR count). The third kappa shape index (κ3) is 31.5. The number of guanidine groups is 1. The van der Waals surface area contributed by atoms with Crippen LogP contribution in [0.15, 0.2) is 134 Å². The lowest BCUT2D eigenvalue weighted by molar-refractivity contribution is -0.150. The number of hydrogen-bond acceptors (Lipinski definition) is 22. The Kier molecular flexibility index (Phi) is 41.1. The van der Waals surface area contributed by atoms with Crippen LogP contribution in [0.2, 0.25) is 0 Å². The normalized spacial score (nSPS) is 23.3. The summed E-state index contributed by atoms with van der Waals surface area (Å²) >= 11 is 0.807. The van der Waals surface area contributed by atoms with Gasteiger partial charge in [0, 0.05) is 156 Å². The van der Waals surface area contributed by atoms with Gasteiger partial charge in [-0.25, -0.2) is 4.98 Å².